The van der Waals surface area contributed by atoms with Crippen LogP contribution in [0.4, 0.5) is 11.4 Å². The lowest BCUT2D eigenvalue weighted by Gasteiger charge is -2.26. The van der Waals surface area contributed by atoms with Gasteiger partial charge in [0.05, 0.1) is 30.2 Å². The van der Waals surface area contributed by atoms with Crippen molar-refractivity contribution in [3.63, 3.8) is 0 Å². The maximum Gasteiger partial charge on any atom is 0.341 e. The van der Waals surface area contributed by atoms with Crippen LogP contribution < -0.4 is 5.32 Å². The van der Waals surface area contributed by atoms with E-state index in [0.29, 0.717) is 11.3 Å². The van der Waals surface area contributed by atoms with Crippen molar-refractivity contribution in [3.8, 4) is 0 Å². The van der Waals surface area contributed by atoms with Gasteiger partial charge in [0.2, 0.25) is 0 Å². The molecule has 0 fully saturated rings. The third-order valence-electron chi connectivity index (χ3n) is 6.96. The number of ether oxygens (including phenoxy) is 1. The number of hydrogen-bond acceptors (Lipinski definition) is 5. The van der Waals surface area contributed by atoms with Crippen LogP contribution >= 0.6 is 0 Å². The Morgan fingerprint density at radius 2 is 1.76 bits per heavy atom. The molecule has 0 bridgehead atoms. The number of aromatic nitrogens is 3. The lowest BCUT2D eigenvalue weighted by Crippen LogP contribution is -2.15. The first-order valence-corrected chi connectivity index (χ1v) is 12.9. The first kappa shape index (κ1) is 25.2. The number of pyridine rings is 1. The number of benzene rings is 3. The predicted molar refractivity (Wildman–Crippen MR) is 152 cm³/mol. The zero-order valence-corrected chi connectivity index (χ0v) is 22.4. The average molecular weight is 505 g/mol. The third-order valence-corrected chi connectivity index (χ3v) is 6.96. The molecule has 2 heterocycles. The van der Waals surface area contributed by atoms with Gasteiger partial charge in [0.1, 0.15) is 5.56 Å². The normalized spacial score (nSPS) is 11.9. The maximum absolute atomic E-state index is 13.0. The summed E-state index contributed by atoms with van der Waals surface area (Å²) < 4.78 is 7.52. The molecule has 0 aliphatic carbocycles. The third kappa shape index (κ3) is 4.65. The fraction of sp³-hybridized carbons (Fsp3) is 0.219. The molecule has 1 atom stereocenters. The monoisotopic (exact) mass is 504 g/mol. The topological polar surface area (TPSA) is 69.0 Å². The zero-order chi connectivity index (χ0) is 26.8. The van der Waals surface area contributed by atoms with Crippen LogP contribution in [-0.4, -0.2) is 27.1 Å². The molecule has 0 spiro atoms. The fourth-order valence-electron chi connectivity index (χ4n) is 5.32. The number of anilines is 2. The highest BCUT2D eigenvalue weighted by Gasteiger charge is 2.25. The molecule has 3 aromatic carbocycles. The van der Waals surface area contributed by atoms with E-state index in [9.17, 15) is 4.79 Å². The van der Waals surface area contributed by atoms with Gasteiger partial charge < -0.3 is 14.6 Å². The molecule has 38 heavy (non-hydrogen) atoms. The minimum Gasteiger partial charge on any atom is -0.462 e. The number of para-hydroxylation sites is 2. The highest BCUT2D eigenvalue weighted by molar-refractivity contribution is 6.07. The Hall–Kier alpha value is -4.45. The van der Waals surface area contributed by atoms with Crippen molar-refractivity contribution in [2.75, 3.05) is 11.9 Å². The summed E-state index contributed by atoms with van der Waals surface area (Å²) in [4.78, 5) is 22.2. The SMILES string of the molecule is CCOC(=O)c1cnc2c(C(c3c(C)cc(C)cc3C)n3ccnc3)cccc2c1Nc1ccccc1C. The molecule has 0 amide bonds. The van der Waals surface area contributed by atoms with E-state index in [-0.39, 0.29) is 12.6 Å². The van der Waals surface area contributed by atoms with Crippen molar-refractivity contribution in [2.24, 2.45) is 0 Å². The van der Waals surface area contributed by atoms with Crippen molar-refractivity contribution in [1.82, 2.24) is 14.5 Å². The van der Waals surface area contributed by atoms with E-state index in [0.717, 1.165) is 27.7 Å². The molecule has 0 saturated heterocycles. The second kappa shape index (κ2) is 10.5. The number of carbonyl (C=O) groups excluding carboxylic acids is 1. The molecule has 5 rings (SSSR count). The molecular weight excluding hydrogens is 472 g/mol. The summed E-state index contributed by atoms with van der Waals surface area (Å²) in [7, 11) is 0. The second-order valence-corrected chi connectivity index (χ2v) is 9.68. The number of nitrogens with zero attached hydrogens (tertiary/aromatic N) is 3. The van der Waals surface area contributed by atoms with Gasteiger partial charge in [0, 0.05) is 35.2 Å². The minimum atomic E-state index is -0.403. The summed E-state index contributed by atoms with van der Waals surface area (Å²) in [5.41, 5.74) is 9.79. The van der Waals surface area contributed by atoms with Crippen molar-refractivity contribution in [1.29, 1.82) is 0 Å². The van der Waals surface area contributed by atoms with Gasteiger partial charge in [-0.15, -0.1) is 0 Å². The molecule has 192 valence electrons. The Morgan fingerprint density at radius 3 is 2.45 bits per heavy atom. The number of imidazole rings is 1. The van der Waals surface area contributed by atoms with Gasteiger partial charge in [0.25, 0.3) is 0 Å². The first-order valence-electron chi connectivity index (χ1n) is 12.9. The molecular formula is C32H32N4O2. The molecule has 2 aromatic heterocycles. The van der Waals surface area contributed by atoms with Gasteiger partial charge in [-0.3, -0.25) is 4.98 Å². The number of rotatable bonds is 7. The first-order chi connectivity index (χ1) is 18.4. The average Bonchev–Trinajstić information content (AvgIpc) is 3.42. The van der Waals surface area contributed by atoms with Gasteiger partial charge in [-0.2, -0.15) is 0 Å². The number of nitrogens with one attached hydrogen (secondary N) is 1. The quantitative estimate of drug-likeness (QED) is 0.237. The number of hydrogen-bond donors (Lipinski definition) is 1. The molecule has 0 aliphatic heterocycles. The highest BCUT2D eigenvalue weighted by atomic mass is 16.5. The molecule has 0 saturated carbocycles. The van der Waals surface area contributed by atoms with Gasteiger partial charge in [-0.25, -0.2) is 9.78 Å². The summed E-state index contributed by atoms with van der Waals surface area (Å²) in [5.74, 6) is -0.403. The standard InChI is InChI=1S/C32H32N4O2/c1-6-38-32(37)26-18-34-29-24(30(26)35-27-13-8-7-10-21(27)3)11-9-12-25(29)31(36-15-14-33-19-36)28-22(4)16-20(2)17-23(28)5/h7-19,31H,6H2,1-5H3,(H,34,35). The van der Waals surface area contributed by atoms with E-state index in [2.05, 4.69) is 53.8 Å². The lowest BCUT2D eigenvalue weighted by atomic mass is 9.88. The minimum absolute atomic E-state index is 0.144. The van der Waals surface area contributed by atoms with Crippen molar-refractivity contribution < 1.29 is 9.53 Å². The molecule has 1 N–H and O–H groups in total. The van der Waals surface area contributed by atoms with Crippen LogP contribution in [-0.2, 0) is 4.74 Å². The van der Waals surface area contributed by atoms with Crippen LogP contribution in [0.5, 0.6) is 0 Å². The zero-order valence-electron chi connectivity index (χ0n) is 22.4. The number of aryl methyl sites for hydroxylation is 4. The Kier molecular flexibility index (Phi) is 6.97. The molecule has 6 heteroatoms. The van der Waals surface area contributed by atoms with E-state index in [1.165, 1.54) is 22.3 Å². The van der Waals surface area contributed by atoms with E-state index in [4.69, 9.17) is 9.72 Å². The largest absolute Gasteiger partial charge is 0.462 e. The fourth-order valence-corrected chi connectivity index (χ4v) is 5.32. The Bertz CT molecular complexity index is 1600. The number of esters is 1. The summed E-state index contributed by atoms with van der Waals surface area (Å²) in [6, 6.07) is 18.5. The summed E-state index contributed by atoms with van der Waals surface area (Å²) >= 11 is 0. The van der Waals surface area contributed by atoms with E-state index in [1.807, 2.05) is 55.8 Å². The smallest absolute Gasteiger partial charge is 0.341 e. The van der Waals surface area contributed by atoms with E-state index in [1.54, 1.807) is 19.3 Å². The van der Waals surface area contributed by atoms with E-state index >= 15 is 0 Å². The Balaban J connectivity index is 1.78. The Labute approximate surface area is 223 Å². The highest BCUT2D eigenvalue weighted by Crippen LogP contribution is 2.38. The van der Waals surface area contributed by atoms with Crippen molar-refractivity contribution in [3.05, 3.63) is 118 Å². The van der Waals surface area contributed by atoms with Crippen LogP contribution in [0.2, 0.25) is 0 Å². The summed E-state index contributed by atoms with van der Waals surface area (Å²) in [6.45, 7) is 10.6. The van der Waals surface area contributed by atoms with Crippen LogP contribution in [0.15, 0.2) is 79.5 Å². The van der Waals surface area contributed by atoms with Crippen LogP contribution in [0, 0.1) is 27.7 Å². The van der Waals surface area contributed by atoms with E-state index < -0.39 is 5.97 Å². The summed E-state index contributed by atoms with van der Waals surface area (Å²) in [5, 5.41) is 4.38. The molecule has 6 nitrogen and oxygen atoms in total. The maximum atomic E-state index is 13.0. The van der Waals surface area contributed by atoms with Gasteiger partial charge in [-0.1, -0.05) is 54.1 Å². The number of fused-ring (bicyclic) bond motifs is 1. The molecule has 1 unspecified atom stereocenters. The van der Waals surface area contributed by atoms with Crippen molar-refractivity contribution >= 4 is 28.2 Å². The Morgan fingerprint density at radius 1 is 1.00 bits per heavy atom. The van der Waals surface area contributed by atoms with Gasteiger partial charge in [0.15, 0.2) is 0 Å². The number of carbonyl (C=O) groups is 1. The molecule has 5 aromatic rings. The van der Waals surface area contributed by atoms with Gasteiger partial charge in [-0.05, 0) is 62.9 Å². The molecule has 0 radical (unpaired) electrons. The van der Waals surface area contributed by atoms with Gasteiger partial charge >= 0.3 is 5.97 Å². The molecule has 0 aliphatic rings. The summed E-state index contributed by atoms with van der Waals surface area (Å²) in [6.07, 6.45) is 7.27. The van der Waals surface area contributed by atoms with Crippen LogP contribution in [0.25, 0.3) is 10.9 Å². The second-order valence-electron chi connectivity index (χ2n) is 9.68. The van der Waals surface area contributed by atoms with Crippen LogP contribution in [0.1, 0.15) is 56.7 Å². The lowest BCUT2D eigenvalue weighted by molar-refractivity contribution is 0.0527. The van der Waals surface area contributed by atoms with Crippen LogP contribution in [0.3, 0.4) is 0 Å². The van der Waals surface area contributed by atoms with Crippen molar-refractivity contribution in [2.45, 2.75) is 40.7 Å². The predicted octanol–water partition coefficient (Wildman–Crippen LogP) is 7.22.